The molecule has 0 fully saturated rings. The van der Waals surface area contributed by atoms with E-state index in [1.54, 1.807) is 6.07 Å². The average molecular weight is 369 g/mol. The zero-order valence-corrected chi connectivity index (χ0v) is 15.6. The molecule has 0 spiro atoms. The number of nitrogens with zero attached hydrogens (tertiary/aromatic N) is 4. The van der Waals surface area contributed by atoms with E-state index in [0.29, 0.717) is 24.4 Å². The van der Waals surface area contributed by atoms with Crippen LogP contribution in [0.1, 0.15) is 39.2 Å². The Bertz CT molecular complexity index is 858. The van der Waals surface area contributed by atoms with Gasteiger partial charge in [-0.15, -0.1) is 14.8 Å². The molecule has 0 saturated heterocycles. The first-order chi connectivity index (χ1) is 11.7. The quantitative estimate of drug-likeness (QED) is 0.740. The molecule has 0 aliphatic heterocycles. The third-order valence-corrected chi connectivity index (χ3v) is 5.83. The monoisotopic (exact) mass is 369 g/mol. The van der Waals surface area contributed by atoms with E-state index in [1.807, 2.05) is 25.5 Å². The summed E-state index contributed by atoms with van der Waals surface area (Å²) in [5, 5.41) is 8.22. The Morgan fingerprint density at radius 2 is 2.04 bits per heavy atom. The molecule has 0 saturated carbocycles. The number of sulfonamides is 1. The van der Waals surface area contributed by atoms with Crippen LogP contribution in [0.15, 0.2) is 12.4 Å². The van der Waals surface area contributed by atoms with E-state index in [9.17, 15) is 13.2 Å². The molecule has 0 radical (unpaired) electrons. The predicted molar refractivity (Wildman–Crippen MR) is 91.6 cm³/mol. The highest BCUT2D eigenvalue weighted by molar-refractivity contribution is 7.90. The smallest absolute Gasteiger partial charge is 0.236 e. The van der Waals surface area contributed by atoms with Gasteiger partial charge in [0.2, 0.25) is 21.8 Å². The number of aryl methyl sites for hydroxylation is 1. The maximum Gasteiger partial charge on any atom is 0.236 e. The summed E-state index contributed by atoms with van der Waals surface area (Å²) in [5.41, 5.74) is 0.758. The summed E-state index contributed by atoms with van der Waals surface area (Å²) in [6.45, 7) is 6.97. The Labute approximate surface area is 146 Å². The third kappa shape index (κ3) is 4.65. The van der Waals surface area contributed by atoms with Crippen LogP contribution >= 0.6 is 0 Å². The Kier molecular flexibility index (Phi) is 5.61. The number of carbonyl (C=O) groups excluding carboxylic acids is 1. The zero-order valence-electron chi connectivity index (χ0n) is 14.8. The normalized spacial score (nSPS) is 12.3. The van der Waals surface area contributed by atoms with Crippen LogP contribution in [-0.4, -0.2) is 46.5 Å². The largest absolute Gasteiger partial charge is 0.476 e. The van der Waals surface area contributed by atoms with Gasteiger partial charge in [0.1, 0.15) is 6.33 Å². The number of amides is 1. The van der Waals surface area contributed by atoms with Gasteiger partial charge in [0, 0.05) is 17.9 Å². The Hall–Kier alpha value is -2.23. The summed E-state index contributed by atoms with van der Waals surface area (Å²) in [7, 11) is -3.73. The first-order valence-electron chi connectivity index (χ1n) is 8.02. The number of rotatable bonds is 8. The van der Waals surface area contributed by atoms with Gasteiger partial charge in [-0.1, -0.05) is 13.8 Å². The van der Waals surface area contributed by atoms with Crippen molar-refractivity contribution in [1.29, 1.82) is 0 Å². The Morgan fingerprint density at radius 1 is 1.36 bits per heavy atom. The van der Waals surface area contributed by atoms with Crippen LogP contribution in [0, 0.1) is 12.3 Å². The van der Waals surface area contributed by atoms with Crippen molar-refractivity contribution in [3.8, 4) is 5.88 Å². The molecule has 9 nitrogen and oxygen atoms in total. The van der Waals surface area contributed by atoms with Gasteiger partial charge in [-0.25, -0.2) is 13.4 Å². The van der Waals surface area contributed by atoms with E-state index in [1.165, 1.54) is 17.9 Å². The molecule has 2 heterocycles. The molecule has 0 aliphatic carbocycles. The molecule has 0 unspecified atom stereocenters. The van der Waals surface area contributed by atoms with Crippen LogP contribution < -0.4 is 9.46 Å². The fraction of sp³-hybridized carbons (Fsp3) is 0.600. The second kappa shape index (κ2) is 7.34. The summed E-state index contributed by atoms with van der Waals surface area (Å²) < 4.78 is 33.5. The van der Waals surface area contributed by atoms with Crippen molar-refractivity contribution in [2.75, 3.05) is 12.4 Å². The maximum atomic E-state index is 12.2. The lowest BCUT2D eigenvalue weighted by Gasteiger charge is -2.31. The molecular formula is C15H23N5O4S. The van der Waals surface area contributed by atoms with Gasteiger partial charge >= 0.3 is 0 Å². The van der Waals surface area contributed by atoms with Crippen molar-refractivity contribution in [1.82, 2.24) is 24.5 Å². The lowest BCUT2D eigenvalue weighted by molar-refractivity contribution is -0.117. The first kappa shape index (κ1) is 19.1. The molecule has 1 amide bonds. The van der Waals surface area contributed by atoms with E-state index >= 15 is 0 Å². The molecule has 1 N–H and O–H groups in total. The molecule has 10 heteroatoms. The topological polar surface area (TPSA) is 116 Å². The lowest BCUT2D eigenvalue weighted by Crippen LogP contribution is -2.41. The van der Waals surface area contributed by atoms with Crippen LogP contribution in [0.5, 0.6) is 5.88 Å². The fourth-order valence-corrected chi connectivity index (χ4v) is 4.37. The summed E-state index contributed by atoms with van der Waals surface area (Å²) in [6.07, 6.45) is 2.55. The van der Waals surface area contributed by atoms with Gasteiger partial charge in [0.15, 0.2) is 5.65 Å². The molecule has 0 atom stereocenters. The maximum absolute atomic E-state index is 12.2. The first-order valence-corrected chi connectivity index (χ1v) is 9.67. The molecule has 0 aliphatic rings. The van der Waals surface area contributed by atoms with Gasteiger partial charge in [-0.2, -0.15) is 0 Å². The van der Waals surface area contributed by atoms with Crippen LogP contribution in [-0.2, 0) is 14.8 Å². The van der Waals surface area contributed by atoms with Crippen molar-refractivity contribution >= 4 is 21.6 Å². The highest BCUT2D eigenvalue weighted by atomic mass is 32.2. The van der Waals surface area contributed by atoms with E-state index in [-0.39, 0.29) is 12.4 Å². The van der Waals surface area contributed by atoms with Crippen molar-refractivity contribution in [3.63, 3.8) is 0 Å². The molecule has 2 aromatic rings. The van der Waals surface area contributed by atoms with Crippen molar-refractivity contribution in [2.24, 2.45) is 5.41 Å². The molecule has 0 bridgehead atoms. The number of fused-ring (bicyclic) bond motifs is 1. The third-order valence-electron chi connectivity index (χ3n) is 4.23. The van der Waals surface area contributed by atoms with E-state index < -0.39 is 21.3 Å². The van der Waals surface area contributed by atoms with Gasteiger partial charge < -0.3 is 4.74 Å². The molecule has 25 heavy (non-hydrogen) atoms. The van der Waals surface area contributed by atoms with Crippen LogP contribution in [0.3, 0.4) is 0 Å². The van der Waals surface area contributed by atoms with Crippen molar-refractivity contribution in [3.05, 3.63) is 18.0 Å². The second-order valence-corrected chi connectivity index (χ2v) is 7.88. The summed E-state index contributed by atoms with van der Waals surface area (Å²) in [6, 6.07) is 1.79. The number of aromatic nitrogens is 4. The van der Waals surface area contributed by atoms with Crippen LogP contribution in [0.2, 0.25) is 0 Å². The predicted octanol–water partition coefficient (Wildman–Crippen LogP) is 1.08. The minimum absolute atomic E-state index is 0.160. The second-order valence-electron chi connectivity index (χ2n) is 6.15. The minimum Gasteiger partial charge on any atom is -0.476 e. The Morgan fingerprint density at radius 3 is 2.64 bits per heavy atom. The number of ether oxygens (including phenoxy) is 1. The van der Waals surface area contributed by atoms with Gasteiger partial charge in [-0.3, -0.25) is 9.52 Å². The van der Waals surface area contributed by atoms with Crippen LogP contribution in [0.4, 0.5) is 0 Å². The number of carbonyl (C=O) groups is 1. The SMILES string of the molecule is CCC(CC)(COc1nn2ncnc2cc1C)CS(=O)(=O)NC(C)=O. The van der Waals surface area contributed by atoms with Gasteiger partial charge in [0.05, 0.1) is 12.4 Å². The lowest BCUT2D eigenvalue weighted by atomic mass is 9.85. The summed E-state index contributed by atoms with van der Waals surface area (Å²) in [5.74, 6) is -0.422. The van der Waals surface area contributed by atoms with Gasteiger partial charge in [-0.05, 0) is 25.8 Å². The fourth-order valence-electron chi connectivity index (χ4n) is 2.56. The van der Waals surface area contributed by atoms with Crippen LogP contribution in [0.25, 0.3) is 5.65 Å². The number of hydrogen-bond donors (Lipinski definition) is 1. The zero-order chi connectivity index (χ0) is 18.7. The highest BCUT2D eigenvalue weighted by Gasteiger charge is 2.34. The molecule has 2 rings (SSSR count). The molecule has 2 aromatic heterocycles. The highest BCUT2D eigenvalue weighted by Crippen LogP contribution is 2.30. The molecular weight excluding hydrogens is 346 g/mol. The van der Waals surface area contributed by atoms with Crippen molar-refractivity contribution < 1.29 is 17.9 Å². The minimum atomic E-state index is -3.73. The standard InChI is InChI=1S/C15H23N5O4S/c1-5-15(6-2,9-25(22,23)19-12(4)21)8-24-14-11(3)7-13-16-10-17-20(13)18-14/h7,10H,5-6,8-9H2,1-4H3,(H,19,21). The van der Waals surface area contributed by atoms with E-state index in [2.05, 4.69) is 15.2 Å². The van der Waals surface area contributed by atoms with Gasteiger partial charge in [0.25, 0.3) is 0 Å². The summed E-state index contributed by atoms with van der Waals surface area (Å²) in [4.78, 5) is 15.1. The number of hydrogen-bond acceptors (Lipinski definition) is 7. The van der Waals surface area contributed by atoms with Crippen molar-refractivity contribution in [2.45, 2.75) is 40.5 Å². The summed E-state index contributed by atoms with van der Waals surface area (Å²) >= 11 is 0. The van der Waals surface area contributed by atoms with E-state index in [4.69, 9.17) is 4.74 Å². The molecule has 138 valence electrons. The van der Waals surface area contributed by atoms with E-state index in [0.717, 1.165) is 5.56 Å². The molecule has 0 aromatic carbocycles. The number of nitrogens with one attached hydrogen (secondary N) is 1. The Balaban J connectivity index is 2.20. The average Bonchev–Trinajstić information content (AvgIpc) is 2.96.